The van der Waals surface area contributed by atoms with Crippen LogP contribution in [0, 0.1) is 3.57 Å². The molecule has 5 nitrogen and oxygen atoms in total. The van der Waals surface area contributed by atoms with E-state index < -0.39 is 0 Å². The van der Waals surface area contributed by atoms with E-state index in [9.17, 15) is 5.11 Å². The predicted octanol–water partition coefficient (Wildman–Crippen LogP) is 3.83. The fraction of sp³-hybridized carbons (Fsp3) is 0.286. The molecule has 0 spiro atoms. The second-order valence-electron chi connectivity index (χ2n) is 4.27. The lowest BCUT2D eigenvalue weighted by Crippen LogP contribution is -2.05. The van der Waals surface area contributed by atoms with Crippen LogP contribution in [0.1, 0.15) is 12.6 Å². The normalized spacial score (nSPS) is 10.5. The van der Waals surface area contributed by atoms with Gasteiger partial charge in [0.25, 0.3) is 0 Å². The van der Waals surface area contributed by atoms with Crippen molar-refractivity contribution in [3.8, 4) is 22.9 Å². The average molecular weight is 464 g/mol. The minimum atomic E-state index is 0.0660. The number of hydrogen-bond acceptors (Lipinski definition) is 5. The van der Waals surface area contributed by atoms with Gasteiger partial charge >= 0.3 is 0 Å². The number of aromatic nitrogens is 2. The number of nitrogens with zero attached hydrogens (tertiary/aromatic N) is 2. The third-order valence-corrected chi connectivity index (χ3v) is 4.74. The van der Waals surface area contributed by atoms with Gasteiger partial charge in [0.2, 0.25) is 0 Å². The van der Waals surface area contributed by atoms with Gasteiger partial charge < -0.3 is 15.2 Å². The smallest absolute Gasteiger partial charge is 0.172 e. The largest absolute Gasteiger partial charge is 0.503 e. The Kier molecular flexibility index (Phi) is 5.26. The van der Waals surface area contributed by atoms with Crippen molar-refractivity contribution in [3.05, 3.63) is 25.9 Å². The van der Waals surface area contributed by atoms with Crippen LogP contribution in [-0.2, 0) is 6.42 Å². The molecule has 0 aliphatic carbocycles. The summed E-state index contributed by atoms with van der Waals surface area (Å²) in [5, 5.41) is 13.0. The topological polar surface area (TPSA) is 67.3 Å². The van der Waals surface area contributed by atoms with Crippen molar-refractivity contribution < 1.29 is 9.84 Å². The van der Waals surface area contributed by atoms with Crippen LogP contribution in [0.15, 0.2) is 16.6 Å². The molecule has 21 heavy (non-hydrogen) atoms. The number of halogens is 2. The van der Waals surface area contributed by atoms with Crippen LogP contribution in [0.5, 0.6) is 11.5 Å². The molecule has 1 aromatic heterocycles. The standard InChI is InChI=1S/C14H15BrIN3O2/c1-4-9-11(16)14(17-2)19-13(18-9)7-5-8(15)12(20)10(6-7)21-3/h5-6,20H,4H2,1-3H3,(H,17,18,19). The van der Waals surface area contributed by atoms with Gasteiger partial charge in [-0.2, -0.15) is 0 Å². The summed E-state index contributed by atoms with van der Waals surface area (Å²) in [6.45, 7) is 2.06. The highest BCUT2D eigenvalue weighted by Gasteiger charge is 2.15. The number of methoxy groups -OCH3 is 1. The zero-order valence-corrected chi connectivity index (χ0v) is 15.6. The first-order valence-corrected chi connectivity index (χ1v) is 8.20. The first kappa shape index (κ1) is 16.3. The number of aryl methyl sites for hydroxylation is 1. The molecule has 0 fully saturated rings. The fourth-order valence-electron chi connectivity index (χ4n) is 1.88. The molecule has 1 heterocycles. The van der Waals surface area contributed by atoms with Gasteiger partial charge in [0, 0.05) is 12.6 Å². The van der Waals surface area contributed by atoms with E-state index in [1.807, 2.05) is 7.05 Å². The molecule has 2 aromatic rings. The van der Waals surface area contributed by atoms with Crippen molar-refractivity contribution >= 4 is 44.3 Å². The second kappa shape index (κ2) is 6.78. The molecule has 0 unspecified atom stereocenters. The summed E-state index contributed by atoms with van der Waals surface area (Å²) in [6, 6.07) is 3.50. The van der Waals surface area contributed by atoms with E-state index in [-0.39, 0.29) is 5.75 Å². The molecule has 0 aliphatic rings. The van der Waals surface area contributed by atoms with E-state index in [2.05, 4.69) is 60.7 Å². The number of hydrogen-bond donors (Lipinski definition) is 2. The third kappa shape index (κ3) is 3.23. The van der Waals surface area contributed by atoms with E-state index in [1.165, 1.54) is 7.11 Å². The lowest BCUT2D eigenvalue weighted by Gasteiger charge is -2.12. The zero-order chi connectivity index (χ0) is 15.6. The SMILES string of the molecule is CCc1nc(-c2cc(Br)c(O)c(OC)c2)nc(NC)c1I. The highest BCUT2D eigenvalue weighted by Crippen LogP contribution is 2.38. The summed E-state index contributed by atoms with van der Waals surface area (Å²) in [5.41, 5.74) is 1.76. The second-order valence-corrected chi connectivity index (χ2v) is 6.20. The summed E-state index contributed by atoms with van der Waals surface area (Å²) < 4.78 is 6.74. The van der Waals surface area contributed by atoms with Gasteiger partial charge in [-0.15, -0.1) is 0 Å². The maximum absolute atomic E-state index is 9.89. The fourth-order valence-corrected chi connectivity index (χ4v) is 3.22. The lowest BCUT2D eigenvalue weighted by atomic mass is 10.1. The molecule has 2 N–H and O–H groups in total. The predicted molar refractivity (Wildman–Crippen MR) is 95.0 cm³/mol. The number of phenols is 1. The summed E-state index contributed by atoms with van der Waals surface area (Å²) >= 11 is 5.56. The molecule has 112 valence electrons. The molecule has 2 rings (SSSR count). The Labute approximate surface area is 145 Å². The first-order chi connectivity index (χ1) is 10.0. The number of benzene rings is 1. The number of ether oxygens (including phenoxy) is 1. The molecule has 0 saturated heterocycles. The maximum atomic E-state index is 9.89. The summed E-state index contributed by atoms with van der Waals surface area (Å²) in [4.78, 5) is 9.13. The average Bonchev–Trinajstić information content (AvgIpc) is 2.50. The highest BCUT2D eigenvalue weighted by molar-refractivity contribution is 14.1. The van der Waals surface area contributed by atoms with Crippen LogP contribution in [0.3, 0.4) is 0 Å². The molecule has 0 radical (unpaired) electrons. The number of anilines is 1. The molecule has 0 bridgehead atoms. The Morgan fingerprint density at radius 2 is 2.10 bits per heavy atom. The molecule has 0 atom stereocenters. The number of phenolic OH excluding ortho intramolecular Hbond substituents is 1. The molecule has 0 amide bonds. The molecule has 0 saturated carbocycles. The Morgan fingerprint density at radius 3 is 2.67 bits per heavy atom. The Hall–Kier alpha value is -1.09. The van der Waals surface area contributed by atoms with Gasteiger partial charge in [0.05, 0.1) is 20.8 Å². The van der Waals surface area contributed by atoms with Crippen LogP contribution in [0.2, 0.25) is 0 Å². The Morgan fingerprint density at radius 1 is 1.38 bits per heavy atom. The monoisotopic (exact) mass is 463 g/mol. The van der Waals surface area contributed by atoms with Crippen LogP contribution in [0.25, 0.3) is 11.4 Å². The maximum Gasteiger partial charge on any atom is 0.172 e. The zero-order valence-electron chi connectivity index (χ0n) is 11.9. The van der Waals surface area contributed by atoms with Gasteiger partial charge in [0.15, 0.2) is 17.3 Å². The quantitative estimate of drug-likeness (QED) is 0.674. The highest BCUT2D eigenvalue weighted by atomic mass is 127. The minimum Gasteiger partial charge on any atom is -0.503 e. The van der Waals surface area contributed by atoms with Crippen molar-refractivity contribution in [2.45, 2.75) is 13.3 Å². The molecule has 7 heteroatoms. The van der Waals surface area contributed by atoms with E-state index in [4.69, 9.17) is 4.74 Å². The van der Waals surface area contributed by atoms with E-state index in [1.54, 1.807) is 12.1 Å². The molecule has 0 aliphatic heterocycles. The summed E-state index contributed by atoms with van der Waals surface area (Å²) in [6.07, 6.45) is 0.818. The van der Waals surface area contributed by atoms with Crippen LogP contribution < -0.4 is 10.1 Å². The molecular formula is C14H15BrIN3O2. The van der Waals surface area contributed by atoms with Crippen molar-refractivity contribution in [2.75, 3.05) is 19.5 Å². The minimum absolute atomic E-state index is 0.0660. The van der Waals surface area contributed by atoms with E-state index >= 15 is 0 Å². The molecule has 1 aromatic carbocycles. The summed E-state index contributed by atoms with van der Waals surface area (Å²) in [7, 11) is 3.34. The lowest BCUT2D eigenvalue weighted by molar-refractivity contribution is 0.372. The van der Waals surface area contributed by atoms with Crippen molar-refractivity contribution in [2.24, 2.45) is 0 Å². The van der Waals surface area contributed by atoms with Gasteiger partial charge in [0.1, 0.15) is 5.82 Å². The summed E-state index contributed by atoms with van der Waals surface area (Å²) in [5.74, 6) is 1.83. The van der Waals surface area contributed by atoms with Gasteiger partial charge in [-0.05, 0) is 57.1 Å². The van der Waals surface area contributed by atoms with Crippen LogP contribution in [-0.4, -0.2) is 29.2 Å². The van der Waals surface area contributed by atoms with Crippen molar-refractivity contribution in [1.29, 1.82) is 0 Å². The van der Waals surface area contributed by atoms with E-state index in [0.717, 1.165) is 27.1 Å². The first-order valence-electron chi connectivity index (χ1n) is 6.32. The van der Waals surface area contributed by atoms with Gasteiger partial charge in [-0.3, -0.25) is 0 Å². The Balaban J connectivity index is 2.64. The Bertz CT molecular complexity index is 655. The number of nitrogens with one attached hydrogen (secondary N) is 1. The third-order valence-electron chi connectivity index (χ3n) is 3.00. The van der Waals surface area contributed by atoms with Gasteiger partial charge in [-0.1, -0.05) is 6.92 Å². The van der Waals surface area contributed by atoms with Gasteiger partial charge in [-0.25, -0.2) is 9.97 Å². The molecular weight excluding hydrogens is 449 g/mol. The number of aromatic hydroxyl groups is 1. The van der Waals surface area contributed by atoms with Crippen molar-refractivity contribution in [3.63, 3.8) is 0 Å². The van der Waals surface area contributed by atoms with Crippen molar-refractivity contribution in [1.82, 2.24) is 9.97 Å². The number of rotatable bonds is 4. The van der Waals surface area contributed by atoms with E-state index in [0.29, 0.717) is 16.0 Å². The van der Waals surface area contributed by atoms with Crippen LogP contribution in [0.4, 0.5) is 5.82 Å². The van der Waals surface area contributed by atoms with Crippen LogP contribution >= 0.6 is 38.5 Å².